The second kappa shape index (κ2) is 10.8. The molecule has 3 aromatic rings. The number of benzene rings is 2. The Morgan fingerprint density at radius 2 is 1.92 bits per heavy atom. The number of rotatable bonds is 6. The van der Waals surface area contributed by atoms with Crippen LogP contribution in [0.25, 0.3) is 10.8 Å². The molecule has 3 aliphatic heterocycles. The molecule has 7 nitrogen and oxygen atoms in total. The summed E-state index contributed by atoms with van der Waals surface area (Å²) in [5.74, 6) is 1.43. The zero-order valence-electron chi connectivity index (χ0n) is 22.7. The third-order valence-electron chi connectivity index (χ3n) is 8.62. The number of ether oxygens (including phenoxy) is 1. The highest BCUT2D eigenvalue weighted by atomic mass is 16.5. The summed E-state index contributed by atoms with van der Waals surface area (Å²) in [7, 11) is 2.17. The smallest absolute Gasteiger partial charge is 0.318 e. The zero-order valence-corrected chi connectivity index (χ0v) is 22.7. The van der Waals surface area contributed by atoms with Gasteiger partial charge in [-0.2, -0.15) is 15.2 Å². The summed E-state index contributed by atoms with van der Waals surface area (Å²) in [6.45, 7) is 7.45. The maximum absolute atomic E-state index is 9.32. The van der Waals surface area contributed by atoms with E-state index in [1.165, 1.54) is 34.0 Å². The first-order chi connectivity index (χ1) is 18.6. The minimum Gasteiger partial charge on any atom is -0.462 e. The van der Waals surface area contributed by atoms with Crippen LogP contribution in [0.1, 0.15) is 48.9 Å². The molecule has 2 saturated heterocycles. The van der Waals surface area contributed by atoms with Gasteiger partial charge in [-0.15, -0.1) is 0 Å². The number of likely N-dealkylation sites (tertiary alicyclic amines) is 1. The van der Waals surface area contributed by atoms with Crippen LogP contribution in [0.4, 0.5) is 11.5 Å². The molecule has 0 bridgehead atoms. The van der Waals surface area contributed by atoms with E-state index in [0.717, 1.165) is 69.9 Å². The fraction of sp³-hybridized carbons (Fsp3) is 0.516. The average molecular weight is 511 g/mol. The summed E-state index contributed by atoms with van der Waals surface area (Å²) in [5, 5.41) is 11.9. The van der Waals surface area contributed by atoms with Crippen molar-refractivity contribution in [1.29, 1.82) is 5.26 Å². The van der Waals surface area contributed by atoms with Gasteiger partial charge in [0.25, 0.3) is 0 Å². The number of hydrogen-bond acceptors (Lipinski definition) is 7. The van der Waals surface area contributed by atoms with Gasteiger partial charge in [0.2, 0.25) is 0 Å². The Morgan fingerprint density at radius 3 is 2.76 bits per heavy atom. The predicted octanol–water partition coefficient (Wildman–Crippen LogP) is 5.10. The molecule has 6 rings (SSSR count). The van der Waals surface area contributed by atoms with E-state index in [-0.39, 0.29) is 0 Å². The van der Waals surface area contributed by atoms with Gasteiger partial charge in [0, 0.05) is 48.7 Å². The van der Waals surface area contributed by atoms with Crippen molar-refractivity contribution >= 4 is 22.3 Å². The van der Waals surface area contributed by atoms with Crippen LogP contribution in [0.2, 0.25) is 0 Å². The van der Waals surface area contributed by atoms with E-state index in [2.05, 4.69) is 71.1 Å². The molecule has 2 aromatic carbocycles. The Balaban J connectivity index is 1.33. The van der Waals surface area contributed by atoms with Gasteiger partial charge in [0.05, 0.1) is 18.3 Å². The molecule has 0 radical (unpaired) electrons. The molecule has 198 valence electrons. The minimum absolute atomic E-state index is 0.398. The predicted molar refractivity (Wildman–Crippen MR) is 152 cm³/mol. The van der Waals surface area contributed by atoms with E-state index in [4.69, 9.17) is 14.7 Å². The summed E-state index contributed by atoms with van der Waals surface area (Å²) >= 11 is 0. The zero-order chi connectivity index (χ0) is 26.1. The number of aryl methyl sites for hydroxylation is 1. The van der Waals surface area contributed by atoms with E-state index in [1.807, 2.05) is 0 Å². The molecular formula is C31H38N6O. The van der Waals surface area contributed by atoms with Crippen LogP contribution in [0.3, 0.4) is 0 Å². The molecule has 38 heavy (non-hydrogen) atoms. The topological polar surface area (TPSA) is 68.5 Å². The third-order valence-corrected chi connectivity index (χ3v) is 8.62. The summed E-state index contributed by atoms with van der Waals surface area (Å²) in [4.78, 5) is 17.3. The highest BCUT2D eigenvalue weighted by Gasteiger charge is 2.30. The summed E-state index contributed by atoms with van der Waals surface area (Å²) in [6.07, 6.45) is 6.09. The van der Waals surface area contributed by atoms with Crippen molar-refractivity contribution < 1.29 is 4.74 Å². The third kappa shape index (κ3) is 5.02. The SMILES string of the molecule is Cc1cc(N2CCc3c(nc(OC[C@@H]4CCCN4C)nc3N3CCCC(CC#N)C3)C2)c2ccccc2c1. The van der Waals surface area contributed by atoms with E-state index < -0.39 is 0 Å². The van der Waals surface area contributed by atoms with Crippen LogP contribution >= 0.6 is 0 Å². The Labute approximate surface area is 226 Å². The van der Waals surface area contributed by atoms with Crippen LogP contribution in [-0.4, -0.2) is 60.7 Å². The maximum Gasteiger partial charge on any atom is 0.318 e. The molecule has 1 aromatic heterocycles. The van der Waals surface area contributed by atoms with Gasteiger partial charge >= 0.3 is 6.01 Å². The van der Waals surface area contributed by atoms with Gasteiger partial charge in [-0.05, 0) is 75.6 Å². The molecule has 0 saturated carbocycles. The quantitative estimate of drug-likeness (QED) is 0.457. The van der Waals surface area contributed by atoms with Gasteiger partial charge in [-0.25, -0.2) is 0 Å². The number of likely N-dealkylation sites (N-methyl/N-ethyl adjacent to an activating group) is 1. The highest BCUT2D eigenvalue weighted by Crippen LogP contribution is 2.36. The number of fused-ring (bicyclic) bond motifs is 2. The number of nitrogens with zero attached hydrogens (tertiary/aromatic N) is 6. The molecule has 0 aliphatic carbocycles. The Morgan fingerprint density at radius 1 is 1.05 bits per heavy atom. The first kappa shape index (κ1) is 24.9. The number of hydrogen-bond donors (Lipinski definition) is 0. The highest BCUT2D eigenvalue weighted by molar-refractivity contribution is 5.95. The van der Waals surface area contributed by atoms with Gasteiger partial charge < -0.3 is 19.4 Å². The maximum atomic E-state index is 9.32. The summed E-state index contributed by atoms with van der Waals surface area (Å²) in [6, 6.07) is 16.5. The lowest BCUT2D eigenvalue weighted by atomic mass is 9.94. The molecule has 0 amide bonds. The van der Waals surface area contributed by atoms with Gasteiger partial charge in [-0.1, -0.05) is 30.3 Å². The van der Waals surface area contributed by atoms with Crippen LogP contribution in [0, 0.1) is 24.2 Å². The monoisotopic (exact) mass is 510 g/mol. The second-order valence-electron chi connectivity index (χ2n) is 11.3. The lowest BCUT2D eigenvalue weighted by molar-refractivity contribution is 0.187. The van der Waals surface area contributed by atoms with Crippen LogP contribution < -0.4 is 14.5 Å². The van der Waals surface area contributed by atoms with Crippen LogP contribution in [0.5, 0.6) is 6.01 Å². The Hall–Kier alpha value is -3.37. The molecule has 4 heterocycles. The molecule has 0 N–H and O–H groups in total. The van der Waals surface area contributed by atoms with Crippen molar-refractivity contribution in [1.82, 2.24) is 14.9 Å². The minimum atomic E-state index is 0.398. The van der Waals surface area contributed by atoms with Crippen molar-refractivity contribution in [2.24, 2.45) is 5.92 Å². The van der Waals surface area contributed by atoms with Gasteiger partial charge in [0.15, 0.2) is 0 Å². The summed E-state index contributed by atoms with van der Waals surface area (Å²) < 4.78 is 6.30. The summed E-state index contributed by atoms with van der Waals surface area (Å²) in [5.41, 5.74) is 4.87. The van der Waals surface area contributed by atoms with Gasteiger partial charge in [0.1, 0.15) is 12.4 Å². The Kier molecular flexibility index (Phi) is 7.08. The molecule has 1 unspecified atom stereocenters. The van der Waals surface area contributed by atoms with Crippen molar-refractivity contribution in [2.75, 3.05) is 49.6 Å². The standard InChI is InChI=1S/C31H38N6O/c1-22-17-24-8-3-4-10-26(24)29(18-22)36-16-12-27-28(20-36)33-31(38-21-25-9-6-14-35(25)2)34-30(27)37-15-5-7-23(19-37)11-13-32/h3-4,8,10,17-18,23,25H,5-7,9,11-12,14-16,19-21H2,1-2H3/t23?,25-/m0/s1. The normalized spacial score (nSPS) is 21.9. The fourth-order valence-electron chi connectivity index (χ4n) is 6.53. The van der Waals surface area contributed by atoms with Crippen LogP contribution in [0.15, 0.2) is 36.4 Å². The first-order valence-corrected chi connectivity index (χ1v) is 14.2. The largest absolute Gasteiger partial charge is 0.462 e. The number of aromatic nitrogens is 2. The van der Waals surface area contributed by atoms with E-state index in [0.29, 0.717) is 31.0 Å². The van der Waals surface area contributed by atoms with E-state index in [9.17, 15) is 5.26 Å². The molecular weight excluding hydrogens is 472 g/mol. The van der Waals surface area contributed by atoms with Crippen molar-refractivity contribution in [3.05, 3.63) is 53.2 Å². The molecule has 3 aliphatic rings. The van der Waals surface area contributed by atoms with Crippen molar-refractivity contribution in [2.45, 2.75) is 58.0 Å². The first-order valence-electron chi connectivity index (χ1n) is 14.2. The number of anilines is 2. The lowest BCUT2D eigenvalue weighted by Crippen LogP contribution is -2.39. The van der Waals surface area contributed by atoms with E-state index >= 15 is 0 Å². The Bertz CT molecular complexity index is 1350. The molecule has 2 atom stereocenters. The molecule has 7 heteroatoms. The molecule has 0 spiro atoms. The second-order valence-corrected chi connectivity index (χ2v) is 11.3. The molecule has 2 fully saturated rings. The lowest BCUT2D eigenvalue weighted by Gasteiger charge is -2.37. The fourth-order valence-corrected chi connectivity index (χ4v) is 6.53. The van der Waals surface area contributed by atoms with Crippen molar-refractivity contribution in [3.8, 4) is 12.1 Å². The van der Waals surface area contributed by atoms with Crippen LogP contribution in [-0.2, 0) is 13.0 Å². The van der Waals surface area contributed by atoms with Crippen molar-refractivity contribution in [3.63, 3.8) is 0 Å². The number of piperidine rings is 1. The van der Waals surface area contributed by atoms with E-state index in [1.54, 1.807) is 0 Å². The average Bonchev–Trinajstić information content (AvgIpc) is 3.35. The number of nitriles is 1. The van der Waals surface area contributed by atoms with Gasteiger partial charge in [-0.3, -0.25) is 0 Å².